The van der Waals surface area contributed by atoms with Crippen molar-refractivity contribution in [3.63, 3.8) is 0 Å². The zero-order valence-corrected chi connectivity index (χ0v) is 14.2. The molecule has 2 heterocycles. The number of aromatic nitrogens is 3. The van der Waals surface area contributed by atoms with Crippen molar-refractivity contribution >= 4 is 17.9 Å². The second-order valence-corrected chi connectivity index (χ2v) is 6.33. The van der Waals surface area contributed by atoms with E-state index in [2.05, 4.69) is 20.3 Å². The molecule has 4 N–H and O–H groups in total. The summed E-state index contributed by atoms with van der Waals surface area (Å²) in [4.78, 5) is 12.5. The molecule has 3 rings (SSSR count). The van der Waals surface area contributed by atoms with Crippen LogP contribution in [0.3, 0.4) is 0 Å². The molecule has 1 aliphatic carbocycles. The van der Waals surface area contributed by atoms with E-state index in [-0.39, 0.29) is 11.8 Å². The first kappa shape index (κ1) is 17.1. The first-order valence-electron chi connectivity index (χ1n) is 8.70. The second kappa shape index (κ2) is 8.41. The lowest BCUT2D eigenvalue weighted by Crippen LogP contribution is -2.19. The van der Waals surface area contributed by atoms with Crippen LogP contribution in [-0.2, 0) is 6.61 Å². The second-order valence-electron chi connectivity index (χ2n) is 6.33. The van der Waals surface area contributed by atoms with Crippen molar-refractivity contribution < 1.29 is 4.74 Å². The van der Waals surface area contributed by atoms with E-state index in [1.807, 2.05) is 12.1 Å². The fraction of sp³-hybridized carbons (Fsp3) is 0.444. The minimum atomic E-state index is 0.214. The topological polar surface area (TPSA) is 110 Å². The third-order valence-electron chi connectivity index (χ3n) is 4.50. The summed E-state index contributed by atoms with van der Waals surface area (Å²) in [5, 5.41) is 10.9. The molecule has 0 atom stereocenters. The third kappa shape index (κ3) is 4.65. The van der Waals surface area contributed by atoms with Gasteiger partial charge in [0.05, 0.1) is 5.56 Å². The van der Waals surface area contributed by atoms with Crippen LogP contribution in [0.2, 0.25) is 0 Å². The van der Waals surface area contributed by atoms with Crippen molar-refractivity contribution in [1.82, 2.24) is 15.0 Å². The Morgan fingerprint density at radius 2 is 1.96 bits per heavy atom. The molecule has 2 aromatic rings. The Kier molecular flexibility index (Phi) is 5.77. The van der Waals surface area contributed by atoms with E-state index in [1.165, 1.54) is 38.3 Å². The molecule has 0 bridgehead atoms. The molecular weight excluding hydrogens is 316 g/mol. The number of rotatable bonds is 7. The minimum absolute atomic E-state index is 0.214. The van der Waals surface area contributed by atoms with Crippen LogP contribution in [-0.4, -0.2) is 27.7 Å². The Hall–Kier alpha value is -2.70. The molecule has 1 aliphatic rings. The Labute approximate surface area is 147 Å². The van der Waals surface area contributed by atoms with Gasteiger partial charge in [0, 0.05) is 25.2 Å². The average Bonchev–Trinajstić information content (AvgIpc) is 2.66. The van der Waals surface area contributed by atoms with Crippen LogP contribution in [0.15, 0.2) is 24.5 Å². The standard InChI is InChI=1S/C18H24N6O/c19-10-15-16(20)23-18(25-12-14-6-8-21-9-7-14)24-17(15)22-11-13-4-2-1-3-5-13/h6-10,13,19H,1-5,11-12H2,(H3,20,22,23,24). The third-order valence-corrected chi connectivity index (χ3v) is 4.50. The quantitative estimate of drug-likeness (QED) is 0.668. The van der Waals surface area contributed by atoms with E-state index < -0.39 is 0 Å². The summed E-state index contributed by atoms with van der Waals surface area (Å²) >= 11 is 0. The number of pyridine rings is 1. The van der Waals surface area contributed by atoms with Gasteiger partial charge in [-0.15, -0.1) is 0 Å². The number of anilines is 2. The molecule has 1 fully saturated rings. The lowest BCUT2D eigenvalue weighted by Gasteiger charge is -2.22. The van der Waals surface area contributed by atoms with Gasteiger partial charge in [0.15, 0.2) is 0 Å². The Morgan fingerprint density at radius 3 is 2.68 bits per heavy atom. The van der Waals surface area contributed by atoms with E-state index in [9.17, 15) is 0 Å². The summed E-state index contributed by atoms with van der Waals surface area (Å²) in [6.07, 6.45) is 11.0. The molecule has 0 radical (unpaired) electrons. The van der Waals surface area contributed by atoms with Crippen LogP contribution in [0.25, 0.3) is 0 Å². The molecule has 25 heavy (non-hydrogen) atoms. The van der Waals surface area contributed by atoms with E-state index >= 15 is 0 Å². The van der Waals surface area contributed by atoms with Gasteiger partial charge in [0.2, 0.25) is 0 Å². The molecule has 0 aromatic carbocycles. The maximum absolute atomic E-state index is 7.58. The van der Waals surface area contributed by atoms with E-state index in [0.717, 1.165) is 12.1 Å². The van der Waals surface area contributed by atoms with E-state index in [4.69, 9.17) is 15.9 Å². The molecule has 1 saturated carbocycles. The van der Waals surface area contributed by atoms with Gasteiger partial charge in [-0.25, -0.2) is 0 Å². The number of nitrogens with zero attached hydrogens (tertiary/aromatic N) is 3. The first-order valence-corrected chi connectivity index (χ1v) is 8.70. The van der Waals surface area contributed by atoms with E-state index in [1.54, 1.807) is 12.4 Å². The van der Waals surface area contributed by atoms with Crippen LogP contribution in [0.4, 0.5) is 11.6 Å². The van der Waals surface area contributed by atoms with Crippen molar-refractivity contribution in [2.24, 2.45) is 5.92 Å². The normalized spacial score (nSPS) is 14.9. The number of ether oxygens (including phenoxy) is 1. The molecule has 0 spiro atoms. The monoisotopic (exact) mass is 340 g/mol. The van der Waals surface area contributed by atoms with Crippen molar-refractivity contribution in [3.05, 3.63) is 35.7 Å². The Morgan fingerprint density at radius 1 is 1.20 bits per heavy atom. The Bertz CT molecular complexity index is 700. The Balaban J connectivity index is 1.69. The highest BCUT2D eigenvalue weighted by Gasteiger charge is 2.16. The number of nitrogens with two attached hydrogens (primary N) is 1. The lowest BCUT2D eigenvalue weighted by molar-refractivity contribution is 0.281. The summed E-state index contributed by atoms with van der Waals surface area (Å²) < 4.78 is 5.66. The summed E-state index contributed by atoms with van der Waals surface area (Å²) in [6, 6.07) is 3.96. The lowest BCUT2D eigenvalue weighted by atomic mass is 9.89. The van der Waals surface area contributed by atoms with Gasteiger partial charge in [-0.3, -0.25) is 4.98 Å². The molecule has 0 aliphatic heterocycles. The van der Waals surface area contributed by atoms with Gasteiger partial charge in [-0.05, 0) is 36.5 Å². The van der Waals surface area contributed by atoms with Gasteiger partial charge in [0.25, 0.3) is 0 Å². The zero-order chi connectivity index (χ0) is 17.5. The summed E-state index contributed by atoms with van der Waals surface area (Å²) in [6.45, 7) is 1.18. The number of hydrogen-bond acceptors (Lipinski definition) is 7. The van der Waals surface area contributed by atoms with Gasteiger partial charge in [-0.1, -0.05) is 19.3 Å². The maximum Gasteiger partial charge on any atom is 0.320 e. The highest BCUT2D eigenvalue weighted by molar-refractivity contribution is 5.90. The molecular formula is C18H24N6O. The number of hydrogen-bond donors (Lipinski definition) is 3. The number of nitrogens with one attached hydrogen (secondary N) is 2. The summed E-state index contributed by atoms with van der Waals surface area (Å²) in [7, 11) is 0. The van der Waals surface area contributed by atoms with Crippen molar-refractivity contribution in [2.45, 2.75) is 38.7 Å². The smallest absolute Gasteiger partial charge is 0.320 e. The van der Waals surface area contributed by atoms with Gasteiger partial charge in [-0.2, -0.15) is 9.97 Å². The summed E-state index contributed by atoms with van der Waals surface area (Å²) in [5.41, 5.74) is 7.46. The fourth-order valence-corrected chi connectivity index (χ4v) is 3.07. The largest absolute Gasteiger partial charge is 0.458 e. The van der Waals surface area contributed by atoms with Crippen molar-refractivity contribution in [1.29, 1.82) is 5.41 Å². The molecule has 0 amide bonds. The number of nitrogen functional groups attached to an aromatic ring is 1. The minimum Gasteiger partial charge on any atom is -0.458 e. The van der Waals surface area contributed by atoms with Crippen LogP contribution in [0, 0.1) is 11.3 Å². The summed E-state index contributed by atoms with van der Waals surface area (Å²) in [5.74, 6) is 1.46. The highest BCUT2D eigenvalue weighted by atomic mass is 16.5. The predicted octanol–water partition coefficient (Wildman–Crippen LogP) is 3.02. The molecule has 132 valence electrons. The molecule has 2 aromatic heterocycles. The maximum atomic E-state index is 7.58. The fourth-order valence-electron chi connectivity index (χ4n) is 3.07. The predicted molar refractivity (Wildman–Crippen MR) is 98.0 cm³/mol. The van der Waals surface area contributed by atoms with Crippen molar-refractivity contribution in [3.8, 4) is 6.01 Å². The van der Waals surface area contributed by atoms with Crippen LogP contribution >= 0.6 is 0 Å². The zero-order valence-electron chi connectivity index (χ0n) is 14.2. The van der Waals surface area contributed by atoms with Crippen LogP contribution in [0.5, 0.6) is 6.01 Å². The van der Waals surface area contributed by atoms with Crippen LogP contribution < -0.4 is 15.8 Å². The molecule has 0 saturated heterocycles. The average molecular weight is 340 g/mol. The first-order chi connectivity index (χ1) is 12.3. The molecule has 7 heteroatoms. The van der Waals surface area contributed by atoms with Gasteiger partial charge in [0.1, 0.15) is 18.2 Å². The van der Waals surface area contributed by atoms with Gasteiger partial charge < -0.3 is 21.2 Å². The molecule has 0 unspecified atom stereocenters. The molecule has 7 nitrogen and oxygen atoms in total. The SMILES string of the molecule is N=Cc1c(N)nc(OCc2ccncc2)nc1NCC1CCCCC1. The van der Waals surface area contributed by atoms with Crippen LogP contribution in [0.1, 0.15) is 43.2 Å². The van der Waals surface area contributed by atoms with Crippen molar-refractivity contribution in [2.75, 3.05) is 17.6 Å². The highest BCUT2D eigenvalue weighted by Crippen LogP contribution is 2.25. The van der Waals surface area contributed by atoms with Gasteiger partial charge >= 0.3 is 6.01 Å². The van der Waals surface area contributed by atoms with E-state index in [0.29, 0.717) is 23.9 Å².